The summed E-state index contributed by atoms with van der Waals surface area (Å²) in [5.41, 5.74) is 23.3. The second kappa shape index (κ2) is 26.4. The number of carbonyl (C=O) groups excluding carboxylic acids is 8. The number of likely N-dealkylation sites (tertiary alicyclic amines) is 1. The van der Waals surface area contributed by atoms with E-state index in [0.717, 1.165) is 16.3 Å². The Labute approximate surface area is 394 Å². The van der Waals surface area contributed by atoms with Crippen LogP contribution in [0, 0.1) is 0 Å². The van der Waals surface area contributed by atoms with Crippen LogP contribution < -0.4 is 54.8 Å². The first kappa shape index (κ1) is 52.9. The van der Waals surface area contributed by atoms with E-state index in [-0.39, 0.29) is 51.3 Å². The number of benzene rings is 3. The lowest BCUT2D eigenvalue weighted by atomic mass is 9.97. The zero-order chi connectivity index (χ0) is 49.0. The van der Waals surface area contributed by atoms with Crippen LogP contribution in [0.4, 0.5) is 0 Å². The minimum absolute atomic E-state index is 0.0204. The normalized spacial score (nSPS) is 15.9. The van der Waals surface area contributed by atoms with Crippen molar-refractivity contribution in [3.63, 3.8) is 0 Å². The van der Waals surface area contributed by atoms with Gasteiger partial charge >= 0.3 is 0 Å². The van der Waals surface area contributed by atoms with Gasteiger partial charge in [0.2, 0.25) is 47.3 Å². The largest absolute Gasteiger partial charge is 0.370 e. The third-order valence-electron chi connectivity index (χ3n) is 11.2. The highest BCUT2D eigenvalue weighted by atomic mass is 32.2. The lowest BCUT2D eigenvalue weighted by Crippen LogP contribution is -2.59. The molecule has 21 heteroatoms. The van der Waals surface area contributed by atoms with E-state index in [1.165, 1.54) is 30.5 Å². The number of primary amides is 1. The molecule has 67 heavy (non-hydrogen) atoms. The van der Waals surface area contributed by atoms with E-state index in [1.54, 1.807) is 30.3 Å². The highest BCUT2D eigenvalue weighted by Gasteiger charge is 2.40. The van der Waals surface area contributed by atoms with Crippen LogP contribution in [0.5, 0.6) is 0 Å². The zero-order valence-corrected chi connectivity index (χ0v) is 38.9. The number of hydrogen-bond acceptors (Lipinski definition) is 11. The Kier molecular flexibility index (Phi) is 20.8. The molecular weight excluding hydrogens is 881 g/mol. The molecule has 7 atom stereocenters. The van der Waals surface area contributed by atoms with Crippen LogP contribution in [0.3, 0.4) is 0 Å². The van der Waals surface area contributed by atoms with Crippen molar-refractivity contribution < 1.29 is 38.4 Å². The summed E-state index contributed by atoms with van der Waals surface area (Å²) in [6.07, 6.45) is 3.37. The maximum atomic E-state index is 14.7. The van der Waals surface area contributed by atoms with Crippen LogP contribution in [0.15, 0.2) is 77.8 Å². The highest BCUT2D eigenvalue weighted by molar-refractivity contribution is 7.98. The molecular formula is C46H64N12O8S. The van der Waals surface area contributed by atoms with Crippen molar-refractivity contribution in [2.45, 2.75) is 101 Å². The van der Waals surface area contributed by atoms with Crippen LogP contribution in [-0.4, -0.2) is 132 Å². The number of thioether (sulfide) groups is 1. The number of nitrogens with two attached hydrogens (primary N) is 4. The van der Waals surface area contributed by atoms with Crippen LogP contribution >= 0.6 is 11.8 Å². The molecule has 0 bridgehead atoms. The van der Waals surface area contributed by atoms with Crippen LogP contribution in [0.2, 0.25) is 0 Å². The number of nitrogens with one attached hydrogen (secondary N) is 6. The summed E-state index contributed by atoms with van der Waals surface area (Å²) in [6.45, 7) is 2.91. The molecule has 1 aliphatic rings. The van der Waals surface area contributed by atoms with E-state index in [0.29, 0.717) is 30.6 Å². The second-order valence-electron chi connectivity index (χ2n) is 16.3. The minimum atomic E-state index is -1.22. The van der Waals surface area contributed by atoms with Gasteiger partial charge in [0.1, 0.15) is 42.3 Å². The van der Waals surface area contributed by atoms with Crippen LogP contribution in [0.25, 0.3) is 10.8 Å². The Morgan fingerprint density at radius 2 is 1.33 bits per heavy atom. The molecule has 0 aliphatic carbocycles. The second-order valence-corrected chi connectivity index (χ2v) is 17.3. The molecule has 14 N–H and O–H groups in total. The first-order chi connectivity index (χ1) is 32.0. The topological polar surface area (TPSA) is 328 Å². The van der Waals surface area contributed by atoms with Gasteiger partial charge in [-0.2, -0.15) is 11.8 Å². The monoisotopic (exact) mass is 944 g/mol. The van der Waals surface area contributed by atoms with E-state index in [2.05, 4.69) is 36.9 Å². The molecule has 1 saturated heterocycles. The standard InChI is InChI=1S/C46H64N12O8S/c1-27(53-42(63)34(20-23-67-3)54-38(59)26-47)40(61)52-28(2)41(62)57-36(25-31-16-9-15-30-14-7-8-17-32(30)31)45(66)58-22-11-19-37(58)44(65)56-35(24-29-12-5-4-6-13-29)43(64)55-33(39(48)60)18-10-21-51-46(49)50/h4-9,12-17,27-28,33-37H,10-11,18-26,47H2,1-3H3,(H2,48,60)(H,52,61)(H,53,63)(H,54,59)(H,55,64)(H,56,65)(H,57,62)(H4,49,50,51)/t27-,28+,33-,34-,35-,36+,37+/m0/s1. The Bertz CT molecular complexity index is 2240. The van der Waals surface area contributed by atoms with Gasteiger partial charge < -0.3 is 59.7 Å². The summed E-state index contributed by atoms with van der Waals surface area (Å²) < 4.78 is 0. The smallest absolute Gasteiger partial charge is 0.246 e. The predicted molar refractivity (Wildman–Crippen MR) is 257 cm³/mol. The molecule has 1 fully saturated rings. The van der Waals surface area contributed by atoms with Crippen molar-refractivity contribution in [1.82, 2.24) is 36.8 Å². The molecule has 1 heterocycles. The molecule has 0 spiro atoms. The van der Waals surface area contributed by atoms with Gasteiger partial charge in [0.15, 0.2) is 5.96 Å². The third kappa shape index (κ3) is 16.3. The van der Waals surface area contributed by atoms with Crippen molar-refractivity contribution in [1.29, 1.82) is 0 Å². The molecule has 0 unspecified atom stereocenters. The summed E-state index contributed by atoms with van der Waals surface area (Å²) in [5, 5.41) is 17.8. The summed E-state index contributed by atoms with van der Waals surface area (Å²) in [7, 11) is 0. The maximum Gasteiger partial charge on any atom is 0.246 e. The average Bonchev–Trinajstić information content (AvgIpc) is 3.81. The van der Waals surface area contributed by atoms with Crippen molar-refractivity contribution in [2.75, 3.05) is 31.6 Å². The Morgan fingerprint density at radius 1 is 0.701 bits per heavy atom. The maximum absolute atomic E-state index is 14.7. The van der Waals surface area contributed by atoms with Crippen molar-refractivity contribution in [3.8, 4) is 0 Å². The zero-order valence-electron chi connectivity index (χ0n) is 38.1. The van der Waals surface area contributed by atoms with Gasteiger partial charge in [0.25, 0.3) is 0 Å². The number of amides is 8. The molecule has 1 aliphatic heterocycles. The van der Waals surface area contributed by atoms with E-state index in [1.807, 2.05) is 48.7 Å². The summed E-state index contributed by atoms with van der Waals surface area (Å²) in [6, 6.07) is 14.3. The van der Waals surface area contributed by atoms with Gasteiger partial charge in [-0.15, -0.1) is 0 Å². The van der Waals surface area contributed by atoms with Crippen molar-refractivity contribution in [3.05, 3.63) is 83.9 Å². The fraction of sp³-hybridized carbons (Fsp3) is 0.457. The Morgan fingerprint density at radius 3 is 2.00 bits per heavy atom. The number of hydrogen-bond donors (Lipinski definition) is 10. The van der Waals surface area contributed by atoms with E-state index in [9.17, 15) is 38.4 Å². The lowest BCUT2D eigenvalue weighted by Gasteiger charge is -2.31. The summed E-state index contributed by atoms with van der Waals surface area (Å²) >= 11 is 1.48. The Balaban J connectivity index is 1.54. The number of aliphatic imine (C=N–C) groups is 1. The number of guanidine groups is 1. The number of rotatable bonds is 25. The van der Waals surface area contributed by atoms with Gasteiger partial charge in [0.05, 0.1) is 6.54 Å². The van der Waals surface area contributed by atoms with Gasteiger partial charge in [-0.05, 0) is 79.9 Å². The van der Waals surface area contributed by atoms with E-state index >= 15 is 0 Å². The highest BCUT2D eigenvalue weighted by Crippen LogP contribution is 2.24. The van der Waals surface area contributed by atoms with E-state index < -0.39 is 89.6 Å². The minimum Gasteiger partial charge on any atom is -0.370 e. The van der Waals surface area contributed by atoms with Gasteiger partial charge in [-0.25, -0.2) is 0 Å². The molecule has 3 aromatic carbocycles. The lowest BCUT2D eigenvalue weighted by molar-refractivity contribution is -0.142. The molecule has 0 saturated carbocycles. The average molecular weight is 945 g/mol. The Hall–Kier alpha value is -6.74. The fourth-order valence-corrected chi connectivity index (χ4v) is 8.09. The number of fused-ring (bicyclic) bond motifs is 1. The van der Waals surface area contributed by atoms with Gasteiger partial charge in [-0.3, -0.25) is 43.3 Å². The molecule has 20 nitrogen and oxygen atoms in total. The van der Waals surface area contributed by atoms with E-state index in [4.69, 9.17) is 22.9 Å². The summed E-state index contributed by atoms with van der Waals surface area (Å²) in [5.74, 6) is -4.73. The third-order valence-corrected chi connectivity index (χ3v) is 11.9. The predicted octanol–water partition coefficient (Wildman–Crippen LogP) is -1.18. The SMILES string of the molecule is CSCC[C@H](NC(=O)CN)C(=O)N[C@@H](C)C(=O)N[C@H](C)C(=O)N[C@H](Cc1cccc2ccccc12)C(=O)N1CCC[C@@H]1C(=O)N[C@@H](Cc1ccccc1)C(=O)N[C@@H](CCCN=C(N)N)C(N)=O. The van der Waals surface area contributed by atoms with Gasteiger partial charge in [0, 0.05) is 25.9 Å². The number of nitrogens with zero attached hydrogens (tertiary/aromatic N) is 2. The van der Waals surface area contributed by atoms with Gasteiger partial charge in [-0.1, -0.05) is 72.8 Å². The van der Waals surface area contributed by atoms with Crippen LogP contribution in [-0.2, 0) is 51.2 Å². The quantitative estimate of drug-likeness (QED) is 0.0273. The fourth-order valence-electron chi connectivity index (χ4n) is 7.62. The first-order valence-electron chi connectivity index (χ1n) is 22.2. The van der Waals surface area contributed by atoms with Crippen LogP contribution in [0.1, 0.15) is 57.1 Å². The molecule has 3 aromatic rings. The summed E-state index contributed by atoms with van der Waals surface area (Å²) in [4.78, 5) is 113. The molecule has 362 valence electrons. The molecule has 8 amide bonds. The van der Waals surface area contributed by atoms with Crippen molar-refractivity contribution in [2.24, 2.45) is 27.9 Å². The van der Waals surface area contributed by atoms with Crippen molar-refractivity contribution >= 4 is 75.8 Å². The number of carbonyl (C=O) groups is 8. The molecule has 0 radical (unpaired) electrons. The first-order valence-corrected chi connectivity index (χ1v) is 23.6. The molecule has 0 aromatic heterocycles. The molecule has 4 rings (SSSR count).